The summed E-state index contributed by atoms with van der Waals surface area (Å²) in [4.78, 5) is 12.1. The lowest BCUT2D eigenvalue weighted by atomic mass is 10.2. The number of rotatable bonds is 6. The third kappa shape index (κ3) is 4.94. The van der Waals surface area contributed by atoms with Crippen LogP contribution in [-0.4, -0.2) is 12.1 Å². The summed E-state index contributed by atoms with van der Waals surface area (Å²) >= 11 is 6.03. The molecule has 5 heteroatoms. The number of carbonyl (C=O) groups is 1. The molecule has 1 N–H and O–H groups in total. The zero-order valence-electron chi connectivity index (χ0n) is 13.9. The minimum atomic E-state index is -0.303. The Bertz CT molecular complexity index is 893. The maximum atomic E-state index is 12.1. The summed E-state index contributed by atoms with van der Waals surface area (Å²) < 4.78 is 5.70. The molecule has 0 aliphatic rings. The number of carbonyl (C=O) groups excluding carboxylic acids is 1. The summed E-state index contributed by atoms with van der Waals surface area (Å²) in [5.41, 5.74) is 4.80. The molecular weight excluding hydrogens is 348 g/mol. The SMILES string of the molecule is O=C(N/N=C/c1ccccc1Cl)c1ccc(OCc2ccccc2)cc1. The molecule has 0 aliphatic carbocycles. The van der Waals surface area contributed by atoms with Gasteiger partial charge in [0.1, 0.15) is 12.4 Å². The third-order valence-corrected chi connectivity index (χ3v) is 3.98. The van der Waals surface area contributed by atoms with E-state index in [4.69, 9.17) is 16.3 Å². The van der Waals surface area contributed by atoms with Crippen molar-refractivity contribution >= 4 is 23.7 Å². The van der Waals surface area contributed by atoms with E-state index in [0.717, 1.165) is 11.1 Å². The molecule has 0 atom stereocenters. The van der Waals surface area contributed by atoms with Gasteiger partial charge in [0, 0.05) is 16.1 Å². The first kappa shape index (κ1) is 17.7. The summed E-state index contributed by atoms with van der Waals surface area (Å²) in [6.45, 7) is 0.481. The summed E-state index contributed by atoms with van der Waals surface area (Å²) in [6, 6.07) is 24.1. The van der Waals surface area contributed by atoms with Crippen LogP contribution in [0.25, 0.3) is 0 Å². The number of halogens is 1. The second-order valence-corrected chi connectivity index (χ2v) is 5.93. The number of ether oxygens (including phenoxy) is 1. The number of hydrazone groups is 1. The average Bonchev–Trinajstić information content (AvgIpc) is 2.69. The van der Waals surface area contributed by atoms with Crippen LogP contribution in [-0.2, 0) is 6.61 Å². The van der Waals surface area contributed by atoms with Gasteiger partial charge in [0.25, 0.3) is 5.91 Å². The Labute approximate surface area is 157 Å². The molecule has 1 amide bonds. The second-order valence-electron chi connectivity index (χ2n) is 5.52. The molecule has 0 aliphatic heterocycles. The molecule has 26 heavy (non-hydrogen) atoms. The molecule has 0 radical (unpaired) electrons. The molecule has 130 valence electrons. The highest BCUT2D eigenvalue weighted by Gasteiger charge is 2.05. The van der Waals surface area contributed by atoms with Crippen LogP contribution in [0.15, 0.2) is 84.0 Å². The summed E-state index contributed by atoms with van der Waals surface area (Å²) in [5.74, 6) is 0.396. The van der Waals surface area contributed by atoms with E-state index >= 15 is 0 Å². The van der Waals surface area contributed by atoms with Crippen LogP contribution in [0, 0.1) is 0 Å². The van der Waals surface area contributed by atoms with E-state index < -0.39 is 0 Å². The molecule has 0 unspecified atom stereocenters. The van der Waals surface area contributed by atoms with Gasteiger partial charge < -0.3 is 4.74 Å². The molecule has 4 nitrogen and oxygen atoms in total. The van der Waals surface area contributed by atoms with Crippen molar-refractivity contribution in [2.24, 2.45) is 5.10 Å². The monoisotopic (exact) mass is 364 g/mol. The summed E-state index contributed by atoms with van der Waals surface area (Å²) in [5, 5.41) is 4.51. The van der Waals surface area contributed by atoms with E-state index in [1.807, 2.05) is 48.5 Å². The van der Waals surface area contributed by atoms with E-state index in [0.29, 0.717) is 22.9 Å². The zero-order chi connectivity index (χ0) is 18.2. The standard InChI is InChI=1S/C21H17ClN2O2/c22-20-9-5-4-8-18(20)14-23-24-21(25)17-10-12-19(13-11-17)26-15-16-6-2-1-3-7-16/h1-14H,15H2,(H,24,25)/b23-14+. The highest BCUT2D eigenvalue weighted by molar-refractivity contribution is 6.33. The lowest BCUT2D eigenvalue weighted by Crippen LogP contribution is -2.17. The van der Waals surface area contributed by atoms with Gasteiger partial charge in [-0.3, -0.25) is 4.79 Å². The Morgan fingerprint density at radius 3 is 2.38 bits per heavy atom. The quantitative estimate of drug-likeness (QED) is 0.510. The highest BCUT2D eigenvalue weighted by Crippen LogP contribution is 2.15. The summed E-state index contributed by atoms with van der Waals surface area (Å²) in [7, 11) is 0. The van der Waals surface area contributed by atoms with Gasteiger partial charge in [-0.1, -0.05) is 60.1 Å². The van der Waals surface area contributed by atoms with E-state index in [1.54, 1.807) is 30.3 Å². The predicted octanol–water partition coefficient (Wildman–Crippen LogP) is 4.68. The van der Waals surface area contributed by atoms with Crippen molar-refractivity contribution in [3.8, 4) is 5.75 Å². The normalized spacial score (nSPS) is 10.7. The van der Waals surface area contributed by atoms with Crippen molar-refractivity contribution in [1.29, 1.82) is 0 Å². The lowest BCUT2D eigenvalue weighted by Gasteiger charge is -2.07. The van der Waals surface area contributed by atoms with Gasteiger partial charge in [-0.2, -0.15) is 5.10 Å². The van der Waals surface area contributed by atoms with Crippen LogP contribution in [0.4, 0.5) is 0 Å². The molecular formula is C21H17ClN2O2. The fourth-order valence-corrected chi connectivity index (χ4v) is 2.43. The largest absolute Gasteiger partial charge is 0.489 e. The number of nitrogens with zero attached hydrogens (tertiary/aromatic N) is 1. The van der Waals surface area contributed by atoms with Crippen molar-refractivity contribution in [3.63, 3.8) is 0 Å². The minimum absolute atomic E-state index is 0.303. The van der Waals surface area contributed by atoms with Crippen LogP contribution >= 0.6 is 11.6 Å². The highest BCUT2D eigenvalue weighted by atomic mass is 35.5. The van der Waals surface area contributed by atoms with Crippen molar-refractivity contribution in [1.82, 2.24) is 5.43 Å². The van der Waals surface area contributed by atoms with Crippen LogP contribution in [0.3, 0.4) is 0 Å². The fraction of sp³-hybridized carbons (Fsp3) is 0.0476. The Morgan fingerprint density at radius 1 is 0.962 bits per heavy atom. The van der Waals surface area contributed by atoms with Gasteiger partial charge >= 0.3 is 0 Å². The Hall–Kier alpha value is -3.11. The molecule has 3 aromatic carbocycles. The maximum Gasteiger partial charge on any atom is 0.271 e. The van der Waals surface area contributed by atoms with Gasteiger partial charge in [0.2, 0.25) is 0 Å². The number of benzene rings is 3. The molecule has 3 aromatic rings. The first-order valence-corrected chi connectivity index (χ1v) is 8.45. The maximum absolute atomic E-state index is 12.1. The van der Waals surface area contributed by atoms with Gasteiger partial charge in [-0.05, 0) is 35.9 Å². The van der Waals surface area contributed by atoms with Gasteiger partial charge in [-0.15, -0.1) is 0 Å². The summed E-state index contributed by atoms with van der Waals surface area (Å²) in [6.07, 6.45) is 1.51. The van der Waals surface area contributed by atoms with Gasteiger partial charge in [-0.25, -0.2) is 5.43 Å². The molecule has 0 saturated carbocycles. The third-order valence-electron chi connectivity index (χ3n) is 3.64. The van der Waals surface area contributed by atoms with Crippen LogP contribution in [0.1, 0.15) is 21.5 Å². The van der Waals surface area contributed by atoms with E-state index in [-0.39, 0.29) is 5.91 Å². The Morgan fingerprint density at radius 2 is 1.65 bits per heavy atom. The van der Waals surface area contributed by atoms with Gasteiger partial charge in [0.05, 0.1) is 6.21 Å². The smallest absolute Gasteiger partial charge is 0.271 e. The van der Waals surface area contributed by atoms with Gasteiger partial charge in [0.15, 0.2) is 0 Å². The lowest BCUT2D eigenvalue weighted by molar-refractivity contribution is 0.0955. The molecule has 3 rings (SSSR count). The van der Waals surface area contributed by atoms with Crippen molar-refractivity contribution < 1.29 is 9.53 Å². The first-order chi connectivity index (χ1) is 12.7. The van der Waals surface area contributed by atoms with Crippen molar-refractivity contribution in [3.05, 3.63) is 101 Å². The zero-order valence-corrected chi connectivity index (χ0v) is 14.7. The topological polar surface area (TPSA) is 50.7 Å². The van der Waals surface area contributed by atoms with Crippen LogP contribution in [0.5, 0.6) is 5.75 Å². The van der Waals surface area contributed by atoms with Crippen molar-refractivity contribution in [2.45, 2.75) is 6.61 Å². The number of hydrogen-bond acceptors (Lipinski definition) is 3. The number of amides is 1. The van der Waals surface area contributed by atoms with E-state index in [1.165, 1.54) is 6.21 Å². The van der Waals surface area contributed by atoms with E-state index in [9.17, 15) is 4.79 Å². The Kier molecular flexibility index (Phi) is 6.01. The van der Waals surface area contributed by atoms with Crippen molar-refractivity contribution in [2.75, 3.05) is 0 Å². The fourth-order valence-electron chi connectivity index (χ4n) is 2.25. The molecule has 0 spiro atoms. The average molecular weight is 365 g/mol. The number of nitrogens with one attached hydrogen (secondary N) is 1. The van der Waals surface area contributed by atoms with Crippen LogP contribution in [0.2, 0.25) is 5.02 Å². The predicted molar refractivity (Wildman–Crippen MR) is 104 cm³/mol. The molecule has 0 aromatic heterocycles. The second kappa shape index (κ2) is 8.83. The molecule has 0 saturated heterocycles. The minimum Gasteiger partial charge on any atom is -0.489 e. The number of hydrogen-bond donors (Lipinski definition) is 1. The van der Waals surface area contributed by atoms with E-state index in [2.05, 4.69) is 10.5 Å². The first-order valence-electron chi connectivity index (χ1n) is 8.07. The molecule has 0 bridgehead atoms. The molecule has 0 fully saturated rings. The van der Waals surface area contributed by atoms with Crippen LogP contribution < -0.4 is 10.2 Å². The Balaban J connectivity index is 1.54. The molecule has 0 heterocycles.